The first-order chi connectivity index (χ1) is 9.42. The second-order valence-electron chi connectivity index (χ2n) is 4.34. The molecule has 1 aromatic carbocycles. The van der Waals surface area contributed by atoms with E-state index in [0.717, 1.165) is 0 Å². The molecule has 0 heterocycles. The molecule has 1 atom stereocenters. The molecule has 1 aromatic rings. The number of benzene rings is 1. The quantitative estimate of drug-likeness (QED) is 0.739. The van der Waals surface area contributed by atoms with Gasteiger partial charge in [0.05, 0.1) is 4.47 Å². The summed E-state index contributed by atoms with van der Waals surface area (Å²) in [7, 11) is 0. The van der Waals surface area contributed by atoms with Gasteiger partial charge in [-0.3, -0.25) is 4.79 Å². The van der Waals surface area contributed by atoms with Crippen LogP contribution in [0.15, 0.2) is 22.7 Å². The lowest BCUT2D eigenvalue weighted by Crippen LogP contribution is -2.33. The number of aliphatic carboxylic acids is 1. The third kappa shape index (κ3) is 5.56. The number of carboxylic acid groups (broad SMARTS) is 1. The number of carbonyl (C=O) groups is 2. The molecule has 7 heteroatoms. The van der Waals surface area contributed by atoms with Crippen LogP contribution >= 0.6 is 15.9 Å². The summed E-state index contributed by atoms with van der Waals surface area (Å²) in [6.07, 6.45) is 0.656. The molecule has 1 rings (SSSR count). The second-order valence-corrected chi connectivity index (χ2v) is 5.19. The first kappa shape index (κ1) is 16.4. The number of hydrogen-bond donors (Lipinski definition) is 3. The molecule has 20 heavy (non-hydrogen) atoms. The van der Waals surface area contributed by atoms with Gasteiger partial charge in [-0.15, -0.1) is 0 Å². The number of anilines is 1. The Morgan fingerprint density at radius 1 is 1.45 bits per heavy atom. The number of halogens is 2. The van der Waals surface area contributed by atoms with Gasteiger partial charge in [0.15, 0.2) is 0 Å². The lowest BCUT2D eigenvalue weighted by atomic mass is 10.0. The van der Waals surface area contributed by atoms with Crippen molar-refractivity contribution in [2.24, 2.45) is 5.92 Å². The van der Waals surface area contributed by atoms with Crippen LogP contribution in [0.3, 0.4) is 0 Å². The van der Waals surface area contributed by atoms with E-state index >= 15 is 0 Å². The van der Waals surface area contributed by atoms with Crippen LogP contribution in [-0.2, 0) is 4.79 Å². The Labute approximate surface area is 124 Å². The standard InChI is InChI=1S/C13H16BrFN2O3/c1-2-8(5-12(18)19)7-16-13(20)17-9-3-4-10(14)11(15)6-9/h3-4,6,8H,2,5,7H2,1H3,(H,18,19)(H2,16,17,20). The van der Waals surface area contributed by atoms with Gasteiger partial charge in [0, 0.05) is 18.7 Å². The van der Waals surface area contributed by atoms with Gasteiger partial charge in [0.1, 0.15) is 5.82 Å². The predicted molar refractivity (Wildman–Crippen MR) is 77.2 cm³/mol. The lowest BCUT2D eigenvalue weighted by Gasteiger charge is -2.14. The van der Waals surface area contributed by atoms with Crippen molar-refractivity contribution in [3.63, 3.8) is 0 Å². The second kappa shape index (κ2) is 7.84. The molecule has 0 aliphatic heterocycles. The Kier molecular flexibility index (Phi) is 6.44. The van der Waals surface area contributed by atoms with Crippen molar-refractivity contribution in [1.29, 1.82) is 0 Å². The summed E-state index contributed by atoms with van der Waals surface area (Å²) in [6.45, 7) is 2.12. The maximum absolute atomic E-state index is 13.3. The first-order valence-corrected chi connectivity index (χ1v) is 6.93. The Balaban J connectivity index is 2.46. The van der Waals surface area contributed by atoms with Crippen LogP contribution in [0.1, 0.15) is 19.8 Å². The minimum Gasteiger partial charge on any atom is -0.481 e. The monoisotopic (exact) mass is 346 g/mol. The first-order valence-electron chi connectivity index (χ1n) is 6.14. The van der Waals surface area contributed by atoms with Crippen LogP contribution in [0.5, 0.6) is 0 Å². The van der Waals surface area contributed by atoms with Gasteiger partial charge in [-0.2, -0.15) is 0 Å². The van der Waals surface area contributed by atoms with Crippen molar-refractivity contribution < 1.29 is 19.1 Å². The SMILES string of the molecule is CCC(CNC(=O)Nc1ccc(Br)c(F)c1)CC(=O)O. The van der Waals surface area contributed by atoms with Crippen LogP contribution in [0.2, 0.25) is 0 Å². The average molecular weight is 347 g/mol. The van der Waals surface area contributed by atoms with E-state index < -0.39 is 17.8 Å². The zero-order valence-corrected chi connectivity index (χ0v) is 12.5. The van der Waals surface area contributed by atoms with Gasteiger partial charge in [-0.1, -0.05) is 13.3 Å². The van der Waals surface area contributed by atoms with Crippen LogP contribution in [0.25, 0.3) is 0 Å². The smallest absolute Gasteiger partial charge is 0.319 e. The maximum Gasteiger partial charge on any atom is 0.319 e. The zero-order chi connectivity index (χ0) is 15.1. The van der Waals surface area contributed by atoms with E-state index in [1.54, 1.807) is 6.07 Å². The molecule has 0 spiro atoms. The van der Waals surface area contributed by atoms with Crippen molar-refractivity contribution in [2.45, 2.75) is 19.8 Å². The summed E-state index contributed by atoms with van der Waals surface area (Å²) in [5.74, 6) is -1.49. The number of rotatable bonds is 6. The molecule has 0 radical (unpaired) electrons. The molecule has 2 amide bonds. The number of hydrogen-bond acceptors (Lipinski definition) is 2. The average Bonchev–Trinajstić information content (AvgIpc) is 2.38. The van der Waals surface area contributed by atoms with Gasteiger partial charge >= 0.3 is 12.0 Å². The minimum atomic E-state index is -0.894. The molecule has 110 valence electrons. The van der Waals surface area contributed by atoms with Crippen molar-refractivity contribution in [3.8, 4) is 0 Å². The molecular formula is C13H16BrFN2O3. The molecule has 0 fully saturated rings. The molecule has 5 nitrogen and oxygen atoms in total. The third-order valence-corrected chi connectivity index (χ3v) is 3.41. The van der Waals surface area contributed by atoms with Gasteiger partial charge in [-0.25, -0.2) is 9.18 Å². The van der Waals surface area contributed by atoms with E-state index in [2.05, 4.69) is 26.6 Å². The summed E-state index contributed by atoms with van der Waals surface area (Å²) in [4.78, 5) is 22.2. The third-order valence-electron chi connectivity index (χ3n) is 2.77. The van der Waals surface area contributed by atoms with Crippen LogP contribution in [-0.4, -0.2) is 23.7 Å². The normalized spacial score (nSPS) is 11.8. The van der Waals surface area contributed by atoms with E-state index in [1.165, 1.54) is 12.1 Å². The summed E-state index contributed by atoms with van der Waals surface area (Å²) in [5.41, 5.74) is 0.328. The summed E-state index contributed by atoms with van der Waals surface area (Å²) in [5, 5.41) is 13.8. The van der Waals surface area contributed by atoms with Crippen LogP contribution in [0.4, 0.5) is 14.9 Å². The molecule has 3 N–H and O–H groups in total. The predicted octanol–water partition coefficient (Wildman–Crippen LogP) is 3.21. The summed E-state index contributed by atoms with van der Waals surface area (Å²) < 4.78 is 13.6. The molecule has 0 aliphatic rings. The Morgan fingerprint density at radius 2 is 2.15 bits per heavy atom. The van der Waals surface area contributed by atoms with Crippen molar-refractivity contribution in [1.82, 2.24) is 5.32 Å². The molecular weight excluding hydrogens is 331 g/mol. The Hall–Kier alpha value is -1.63. The topological polar surface area (TPSA) is 78.4 Å². The molecule has 0 bridgehead atoms. The Bertz CT molecular complexity index is 497. The van der Waals surface area contributed by atoms with E-state index in [1.807, 2.05) is 6.92 Å². The van der Waals surface area contributed by atoms with Crippen molar-refractivity contribution in [2.75, 3.05) is 11.9 Å². The molecule has 0 saturated carbocycles. The highest BCUT2D eigenvalue weighted by molar-refractivity contribution is 9.10. The highest BCUT2D eigenvalue weighted by atomic mass is 79.9. The van der Waals surface area contributed by atoms with Crippen LogP contribution in [0, 0.1) is 11.7 Å². The van der Waals surface area contributed by atoms with Gasteiger partial charge in [0.25, 0.3) is 0 Å². The van der Waals surface area contributed by atoms with Crippen molar-refractivity contribution >= 4 is 33.6 Å². The fourth-order valence-corrected chi connectivity index (χ4v) is 1.84. The van der Waals surface area contributed by atoms with Gasteiger partial charge < -0.3 is 15.7 Å². The number of amides is 2. The van der Waals surface area contributed by atoms with E-state index in [4.69, 9.17) is 5.11 Å². The molecule has 0 aromatic heterocycles. The van der Waals surface area contributed by atoms with Crippen molar-refractivity contribution in [3.05, 3.63) is 28.5 Å². The van der Waals surface area contributed by atoms with E-state index in [9.17, 15) is 14.0 Å². The maximum atomic E-state index is 13.3. The summed E-state index contributed by atoms with van der Waals surface area (Å²) in [6, 6.07) is 3.75. The molecule has 0 aliphatic carbocycles. The number of nitrogens with one attached hydrogen (secondary N) is 2. The van der Waals surface area contributed by atoms with Gasteiger partial charge in [-0.05, 0) is 40.0 Å². The highest BCUT2D eigenvalue weighted by Crippen LogP contribution is 2.19. The fraction of sp³-hybridized carbons (Fsp3) is 0.385. The zero-order valence-electron chi connectivity index (χ0n) is 11.0. The van der Waals surface area contributed by atoms with Gasteiger partial charge in [0.2, 0.25) is 0 Å². The minimum absolute atomic E-state index is 0.00366. The highest BCUT2D eigenvalue weighted by Gasteiger charge is 2.12. The molecule has 0 saturated heterocycles. The largest absolute Gasteiger partial charge is 0.481 e. The number of carboxylic acids is 1. The van der Waals surface area contributed by atoms with E-state index in [0.29, 0.717) is 16.6 Å². The number of urea groups is 1. The summed E-state index contributed by atoms with van der Waals surface area (Å²) >= 11 is 3.02. The number of carbonyl (C=O) groups excluding carboxylic acids is 1. The molecule has 1 unspecified atom stereocenters. The lowest BCUT2D eigenvalue weighted by molar-refractivity contribution is -0.138. The van der Waals surface area contributed by atoms with E-state index in [-0.39, 0.29) is 18.9 Å². The Morgan fingerprint density at radius 3 is 2.70 bits per heavy atom. The fourth-order valence-electron chi connectivity index (χ4n) is 1.59. The van der Waals surface area contributed by atoms with Crippen LogP contribution < -0.4 is 10.6 Å².